The van der Waals surface area contributed by atoms with Gasteiger partial charge >= 0.3 is 0 Å². The summed E-state index contributed by atoms with van der Waals surface area (Å²) in [6.07, 6.45) is 4.34. The number of nitrogens with one attached hydrogen (secondary N) is 5. The van der Waals surface area contributed by atoms with Gasteiger partial charge in [0.1, 0.15) is 17.8 Å². The van der Waals surface area contributed by atoms with E-state index in [0.717, 1.165) is 19.3 Å². The number of carbonyl (C=O) groups is 6. The van der Waals surface area contributed by atoms with Crippen LogP contribution in [0, 0.1) is 0 Å². The molecule has 50 heavy (non-hydrogen) atoms. The molecule has 0 unspecified atom stereocenters. The highest BCUT2D eigenvalue weighted by molar-refractivity contribution is 5.89. The van der Waals surface area contributed by atoms with Crippen LogP contribution in [0.15, 0.2) is 47.1 Å². The molecule has 7 N–H and O–H groups in total. The van der Waals surface area contributed by atoms with Gasteiger partial charge in [-0.15, -0.1) is 0 Å². The van der Waals surface area contributed by atoms with Crippen molar-refractivity contribution in [3.8, 4) is 0 Å². The van der Waals surface area contributed by atoms with E-state index in [1.165, 1.54) is 20.1 Å². The van der Waals surface area contributed by atoms with Crippen molar-refractivity contribution in [1.82, 2.24) is 31.5 Å². The van der Waals surface area contributed by atoms with Crippen LogP contribution in [-0.2, 0) is 52.9 Å². The van der Waals surface area contributed by atoms with Crippen LogP contribution in [0.25, 0.3) is 0 Å². The predicted molar refractivity (Wildman–Crippen MR) is 184 cm³/mol. The third-order valence-corrected chi connectivity index (χ3v) is 8.28. The fourth-order valence-corrected chi connectivity index (χ4v) is 5.78. The topological polar surface area (TPSA) is 214 Å². The average Bonchev–Trinajstić information content (AvgIpc) is 3.60. The lowest BCUT2D eigenvalue weighted by atomic mass is 9.98. The molecule has 0 saturated carbocycles. The number of furan rings is 1. The van der Waals surface area contributed by atoms with Crippen molar-refractivity contribution >= 4 is 35.4 Å². The van der Waals surface area contributed by atoms with Crippen molar-refractivity contribution in [2.75, 3.05) is 39.4 Å². The second-order valence-corrected chi connectivity index (χ2v) is 12.2. The summed E-state index contributed by atoms with van der Waals surface area (Å²) >= 11 is 0. The first-order valence-corrected chi connectivity index (χ1v) is 17.1. The number of amides is 6. The lowest BCUT2D eigenvalue weighted by molar-refractivity contribution is -0.135. The van der Waals surface area contributed by atoms with E-state index in [1.54, 1.807) is 41.3 Å². The van der Waals surface area contributed by atoms with Crippen molar-refractivity contribution in [1.29, 1.82) is 0 Å². The number of nitrogens with two attached hydrogens (primary N) is 1. The average molecular weight is 698 g/mol. The molecule has 0 bridgehead atoms. The molecular formula is C35H51N7O8. The second kappa shape index (κ2) is 21.4. The summed E-state index contributed by atoms with van der Waals surface area (Å²) in [5.41, 5.74) is 6.72. The summed E-state index contributed by atoms with van der Waals surface area (Å²) in [6.45, 7) is 4.94. The molecule has 1 aliphatic rings. The summed E-state index contributed by atoms with van der Waals surface area (Å²) in [4.78, 5) is 77.9. The zero-order valence-corrected chi connectivity index (χ0v) is 29.0. The van der Waals surface area contributed by atoms with Gasteiger partial charge < -0.3 is 46.4 Å². The maximum Gasteiger partial charge on any atom is 0.243 e. The molecule has 3 rings (SSSR count). The molecule has 1 aromatic heterocycles. The van der Waals surface area contributed by atoms with Gasteiger partial charge in [-0.3, -0.25) is 28.8 Å². The molecule has 0 spiro atoms. The monoisotopic (exact) mass is 697 g/mol. The number of nitrogens with zero attached hydrogens (tertiary/aromatic N) is 1. The van der Waals surface area contributed by atoms with Crippen LogP contribution in [-0.4, -0.2) is 97.9 Å². The zero-order valence-electron chi connectivity index (χ0n) is 29.0. The molecular weight excluding hydrogens is 646 g/mol. The number of hydrogen-bond donors (Lipinski definition) is 6. The standard InChI is InChI=1S/C35H51N7O8/c1-24(43)37-14-12-30(34(47)38-15-19-49-18-13-36)40-32(45)20-26-8-3-4-9-27(26)23-39-35(48)31(22-29-11-7-17-50-29)41-33(46)21-28-10-5-6-16-42(28)25(2)44/h3-4,7-9,11,17,28,30-31H,5-6,10,12-16,18-23,36H2,1-2H3,(H,37,43)(H,38,47)(H,39,48)(H,40,45)(H,41,46)/t28-,30-,31-/m0/s1. The first-order valence-electron chi connectivity index (χ1n) is 17.1. The molecule has 1 aliphatic heterocycles. The van der Waals surface area contributed by atoms with Crippen LogP contribution in [0.3, 0.4) is 0 Å². The molecule has 1 saturated heterocycles. The number of likely N-dealkylation sites (tertiary alicyclic amines) is 1. The number of piperidine rings is 1. The Morgan fingerprint density at radius 3 is 2.32 bits per heavy atom. The second-order valence-electron chi connectivity index (χ2n) is 12.2. The molecule has 274 valence electrons. The number of benzene rings is 1. The number of carbonyl (C=O) groups excluding carboxylic acids is 6. The number of hydrogen-bond acceptors (Lipinski definition) is 9. The highest BCUT2D eigenvalue weighted by atomic mass is 16.5. The maximum atomic E-state index is 13.5. The molecule has 0 radical (unpaired) electrons. The minimum atomic E-state index is -0.943. The van der Waals surface area contributed by atoms with E-state index < -0.39 is 29.8 Å². The van der Waals surface area contributed by atoms with Gasteiger partial charge in [-0.05, 0) is 48.9 Å². The first-order chi connectivity index (χ1) is 24.1. The zero-order chi connectivity index (χ0) is 36.3. The fraction of sp³-hybridized carbons (Fsp3) is 0.543. The molecule has 1 aromatic carbocycles. The van der Waals surface area contributed by atoms with Crippen LogP contribution < -0.4 is 32.3 Å². The van der Waals surface area contributed by atoms with Gasteiger partial charge in [0, 0.05) is 65.5 Å². The smallest absolute Gasteiger partial charge is 0.243 e. The van der Waals surface area contributed by atoms with Gasteiger partial charge in [0.15, 0.2) is 0 Å². The highest BCUT2D eigenvalue weighted by Crippen LogP contribution is 2.20. The Hall–Kier alpha value is -4.76. The first kappa shape index (κ1) is 39.7. The van der Waals surface area contributed by atoms with Crippen LogP contribution in [0.2, 0.25) is 0 Å². The van der Waals surface area contributed by atoms with Crippen molar-refractivity contribution < 1.29 is 37.9 Å². The summed E-state index contributed by atoms with van der Waals surface area (Å²) in [6, 6.07) is 8.45. The normalized spacial score (nSPS) is 15.3. The summed E-state index contributed by atoms with van der Waals surface area (Å²) in [7, 11) is 0. The Labute approximate surface area is 292 Å². The molecule has 15 heteroatoms. The highest BCUT2D eigenvalue weighted by Gasteiger charge is 2.29. The minimum absolute atomic E-state index is 0.0722. The van der Waals surface area contributed by atoms with Gasteiger partial charge in [-0.1, -0.05) is 24.3 Å². The van der Waals surface area contributed by atoms with Crippen LogP contribution in [0.1, 0.15) is 62.8 Å². The fourth-order valence-electron chi connectivity index (χ4n) is 5.78. The number of ether oxygens (including phenoxy) is 1. The molecule has 2 aromatic rings. The van der Waals surface area contributed by atoms with E-state index in [0.29, 0.717) is 36.6 Å². The molecule has 15 nitrogen and oxygen atoms in total. The molecule has 0 aliphatic carbocycles. The Bertz CT molecular complexity index is 1420. The van der Waals surface area contributed by atoms with E-state index in [9.17, 15) is 28.8 Å². The van der Waals surface area contributed by atoms with E-state index >= 15 is 0 Å². The largest absolute Gasteiger partial charge is 0.469 e. The predicted octanol–water partition coefficient (Wildman–Crippen LogP) is 0.0594. The summed E-state index contributed by atoms with van der Waals surface area (Å²) in [5, 5.41) is 13.8. The Balaban J connectivity index is 1.62. The lowest BCUT2D eigenvalue weighted by Crippen LogP contribution is -2.50. The molecule has 1 fully saturated rings. The Kier molecular flexibility index (Phi) is 16.9. The van der Waals surface area contributed by atoms with Gasteiger partial charge in [0.25, 0.3) is 0 Å². The van der Waals surface area contributed by atoms with Crippen LogP contribution in [0.5, 0.6) is 0 Å². The molecule has 2 heterocycles. The molecule has 3 atom stereocenters. The SMILES string of the molecule is CC(=O)NCC[C@H](NC(=O)Cc1ccccc1CNC(=O)[C@H](Cc1ccco1)NC(=O)C[C@@H]1CCCCN1C(C)=O)C(=O)NCCOCCN. The minimum Gasteiger partial charge on any atom is -0.469 e. The summed E-state index contributed by atoms with van der Waals surface area (Å²) in [5.74, 6) is -1.42. The van der Waals surface area contributed by atoms with E-state index in [4.69, 9.17) is 14.9 Å². The van der Waals surface area contributed by atoms with Crippen molar-refractivity contribution in [3.63, 3.8) is 0 Å². The van der Waals surface area contributed by atoms with E-state index in [2.05, 4.69) is 26.6 Å². The van der Waals surface area contributed by atoms with Crippen molar-refractivity contribution in [2.45, 2.75) is 83.5 Å². The van der Waals surface area contributed by atoms with Crippen LogP contribution in [0.4, 0.5) is 0 Å². The Morgan fingerprint density at radius 1 is 0.880 bits per heavy atom. The van der Waals surface area contributed by atoms with Crippen molar-refractivity contribution in [2.24, 2.45) is 5.73 Å². The van der Waals surface area contributed by atoms with Gasteiger partial charge in [0.05, 0.1) is 25.9 Å². The summed E-state index contributed by atoms with van der Waals surface area (Å²) < 4.78 is 10.7. The lowest BCUT2D eigenvalue weighted by Gasteiger charge is -2.35. The molecule has 6 amide bonds. The van der Waals surface area contributed by atoms with Gasteiger partial charge in [0.2, 0.25) is 35.4 Å². The maximum absolute atomic E-state index is 13.5. The van der Waals surface area contributed by atoms with Gasteiger partial charge in [-0.25, -0.2) is 0 Å². The van der Waals surface area contributed by atoms with E-state index in [1.807, 2.05) is 0 Å². The van der Waals surface area contributed by atoms with Crippen LogP contribution >= 0.6 is 0 Å². The quantitative estimate of drug-likeness (QED) is 0.103. The van der Waals surface area contributed by atoms with E-state index in [-0.39, 0.29) is 75.7 Å². The van der Waals surface area contributed by atoms with Crippen molar-refractivity contribution in [3.05, 3.63) is 59.5 Å². The Morgan fingerprint density at radius 2 is 1.62 bits per heavy atom. The van der Waals surface area contributed by atoms with Gasteiger partial charge in [-0.2, -0.15) is 0 Å². The number of rotatable bonds is 20. The third-order valence-electron chi connectivity index (χ3n) is 8.28. The third kappa shape index (κ3) is 14.0.